The van der Waals surface area contributed by atoms with E-state index in [-0.39, 0.29) is 30.8 Å². The van der Waals surface area contributed by atoms with Crippen LogP contribution in [0.2, 0.25) is 0 Å². The molecule has 1 aromatic carbocycles. The largest absolute Gasteiger partial charge is 0.493 e. The molecule has 0 saturated heterocycles. The highest BCUT2D eigenvalue weighted by atomic mass is 35.5. The molecular formula is C24H43ClN2O6. The van der Waals surface area contributed by atoms with Crippen molar-refractivity contribution in [2.45, 2.75) is 58.3 Å². The number of rotatable bonds is 16. The van der Waals surface area contributed by atoms with Crippen LogP contribution in [-0.4, -0.2) is 70.4 Å². The lowest BCUT2D eigenvalue weighted by molar-refractivity contribution is -0.130. The van der Waals surface area contributed by atoms with Crippen molar-refractivity contribution in [3.05, 3.63) is 23.8 Å². The van der Waals surface area contributed by atoms with Crippen LogP contribution in [0, 0.1) is 11.8 Å². The number of amides is 1. The number of aliphatic hydroxyl groups is 1. The van der Waals surface area contributed by atoms with E-state index in [0.717, 1.165) is 18.4 Å². The van der Waals surface area contributed by atoms with E-state index in [1.54, 1.807) is 21.1 Å². The fourth-order valence-electron chi connectivity index (χ4n) is 3.35. The molecule has 0 aliphatic heterocycles. The molecule has 0 spiro atoms. The van der Waals surface area contributed by atoms with Crippen molar-refractivity contribution in [2.75, 3.05) is 41.1 Å². The number of aliphatic hydroxyl groups excluding tert-OH is 1. The van der Waals surface area contributed by atoms with Crippen molar-refractivity contribution < 1.29 is 28.8 Å². The fraction of sp³-hybridized carbons (Fsp3) is 0.708. The lowest BCUT2D eigenvalue weighted by Gasteiger charge is -2.27. The van der Waals surface area contributed by atoms with Gasteiger partial charge in [-0.15, -0.1) is 12.4 Å². The van der Waals surface area contributed by atoms with E-state index in [1.165, 1.54) is 7.11 Å². The first-order valence-corrected chi connectivity index (χ1v) is 11.3. The van der Waals surface area contributed by atoms with Crippen LogP contribution in [0.5, 0.6) is 11.5 Å². The van der Waals surface area contributed by atoms with Gasteiger partial charge in [0.2, 0.25) is 5.91 Å². The van der Waals surface area contributed by atoms with Crippen molar-refractivity contribution >= 4 is 18.3 Å². The van der Waals surface area contributed by atoms with Gasteiger partial charge in [-0.05, 0) is 49.3 Å². The molecule has 33 heavy (non-hydrogen) atoms. The fourth-order valence-corrected chi connectivity index (χ4v) is 3.35. The number of halogens is 1. The number of carbonyl (C=O) groups is 1. The number of benzene rings is 1. The molecule has 3 unspecified atom stereocenters. The SMILES string of the molecule is COCCCOc1cc(CC(CC(N)C(O)CNC(=O)[C@H](C)OC)C(C)C)ccc1OC.Cl. The van der Waals surface area contributed by atoms with E-state index in [2.05, 4.69) is 19.2 Å². The predicted molar refractivity (Wildman–Crippen MR) is 132 cm³/mol. The molecule has 0 radical (unpaired) electrons. The van der Waals surface area contributed by atoms with Gasteiger partial charge in [0, 0.05) is 39.8 Å². The van der Waals surface area contributed by atoms with Crippen LogP contribution in [0.4, 0.5) is 0 Å². The lowest BCUT2D eigenvalue weighted by atomic mass is 9.83. The summed E-state index contributed by atoms with van der Waals surface area (Å²) in [7, 11) is 4.76. The average molecular weight is 491 g/mol. The van der Waals surface area contributed by atoms with Crippen LogP contribution < -0.4 is 20.5 Å². The standard InChI is InChI=1S/C24H42N2O6.ClH/c1-16(2)19(14-20(25)21(27)15-26-24(28)17(3)30-5)12-18-8-9-22(31-6)23(13-18)32-11-7-10-29-4;/h8-9,13,16-17,19-21,27H,7,10-12,14-15,25H2,1-6H3,(H,26,28);1H/t17-,19?,20?,21?;/m0./s1. The summed E-state index contributed by atoms with van der Waals surface area (Å²) in [6, 6.07) is 5.50. The van der Waals surface area contributed by atoms with E-state index in [9.17, 15) is 9.90 Å². The second-order valence-electron chi connectivity index (χ2n) is 8.48. The zero-order valence-corrected chi connectivity index (χ0v) is 21.7. The molecule has 0 fully saturated rings. The maximum Gasteiger partial charge on any atom is 0.248 e. The lowest BCUT2D eigenvalue weighted by Crippen LogP contribution is -2.46. The number of nitrogens with two attached hydrogens (primary N) is 1. The Hall–Kier alpha value is -1.58. The van der Waals surface area contributed by atoms with E-state index < -0.39 is 18.2 Å². The molecule has 8 nitrogen and oxygen atoms in total. The first-order valence-electron chi connectivity index (χ1n) is 11.3. The molecule has 0 aliphatic carbocycles. The summed E-state index contributed by atoms with van der Waals surface area (Å²) in [6.45, 7) is 7.24. The van der Waals surface area contributed by atoms with E-state index in [0.29, 0.717) is 37.1 Å². The quantitative estimate of drug-likeness (QED) is 0.305. The van der Waals surface area contributed by atoms with Crippen LogP contribution in [0.1, 0.15) is 39.2 Å². The third kappa shape index (κ3) is 11.4. The Morgan fingerprint density at radius 2 is 1.82 bits per heavy atom. The van der Waals surface area contributed by atoms with Gasteiger partial charge in [0.05, 0.1) is 19.8 Å². The van der Waals surface area contributed by atoms with Crippen molar-refractivity contribution in [2.24, 2.45) is 17.6 Å². The second kappa shape index (κ2) is 16.9. The molecule has 9 heteroatoms. The highest BCUT2D eigenvalue weighted by Gasteiger charge is 2.24. The number of nitrogens with one attached hydrogen (secondary N) is 1. The Kier molecular flexibility index (Phi) is 16.1. The zero-order chi connectivity index (χ0) is 24.1. The minimum absolute atomic E-state index is 0. The normalized spacial score (nSPS) is 14.7. The molecule has 0 aromatic heterocycles. The van der Waals surface area contributed by atoms with Crippen molar-refractivity contribution in [3.63, 3.8) is 0 Å². The van der Waals surface area contributed by atoms with Crippen molar-refractivity contribution in [1.82, 2.24) is 5.32 Å². The number of carbonyl (C=O) groups excluding carboxylic acids is 1. The monoisotopic (exact) mass is 490 g/mol. The summed E-state index contributed by atoms with van der Waals surface area (Å²) >= 11 is 0. The molecule has 1 aromatic rings. The topological polar surface area (TPSA) is 112 Å². The highest BCUT2D eigenvalue weighted by molar-refractivity contribution is 5.85. The number of methoxy groups -OCH3 is 3. The van der Waals surface area contributed by atoms with Gasteiger partial charge in [0.25, 0.3) is 0 Å². The molecule has 0 saturated carbocycles. The van der Waals surface area contributed by atoms with Crippen molar-refractivity contribution in [3.8, 4) is 11.5 Å². The first kappa shape index (κ1) is 31.4. The molecule has 4 atom stereocenters. The minimum atomic E-state index is -0.834. The van der Waals surface area contributed by atoms with Crippen LogP contribution in [0.25, 0.3) is 0 Å². The van der Waals surface area contributed by atoms with Gasteiger partial charge >= 0.3 is 0 Å². The molecule has 192 valence electrons. The Bertz CT molecular complexity index is 676. The second-order valence-corrected chi connectivity index (χ2v) is 8.48. The molecule has 0 bridgehead atoms. The average Bonchev–Trinajstić information content (AvgIpc) is 2.78. The number of ether oxygens (including phenoxy) is 4. The summed E-state index contributed by atoms with van der Waals surface area (Å²) in [6.07, 6.45) is 0.821. The van der Waals surface area contributed by atoms with Gasteiger partial charge in [-0.25, -0.2) is 0 Å². The van der Waals surface area contributed by atoms with Gasteiger partial charge in [-0.3, -0.25) is 4.79 Å². The Labute approximate surface area is 204 Å². The Morgan fingerprint density at radius 3 is 2.39 bits per heavy atom. The summed E-state index contributed by atoms with van der Waals surface area (Å²) in [5, 5.41) is 13.1. The molecule has 1 amide bonds. The summed E-state index contributed by atoms with van der Waals surface area (Å²) in [4.78, 5) is 11.9. The Morgan fingerprint density at radius 1 is 1.12 bits per heavy atom. The molecule has 0 aliphatic rings. The number of hydrogen-bond donors (Lipinski definition) is 3. The summed E-state index contributed by atoms with van der Waals surface area (Å²) in [5.41, 5.74) is 7.41. The van der Waals surface area contributed by atoms with Crippen molar-refractivity contribution in [1.29, 1.82) is 0 Å². The zero-order valence-electron chi connectivity index (χ0n) is 20.8. The molecule has 0 heterocycles. The van der Waals surface area contributed by atoms with Crippen LogP contribution in [0.15, 0.2) is 18.2 Å². The first-order chi connectivity index (χ1) is 15.2. The maximum atomic E-state index is 11.9. The van der Waals surface area contributed by atoms with Gasteiger partial charge in [-0.2, -0.15) is 0 Å². The molecular weight excluding hydrogens is 448 g/mol. The maximum absolute atomic E-state index is 11.9. The van der Waals surface area contributed by atoms with E-state index in [1.807, 2.05) is 18.2 Å². The van der Waals surface area contributed by atoms with Gasteiger partial charge in [0.15, 0.2) is 11.5 Å². The molecule has 4 N–H and O–H groups in total. The number of hydrogen-bond acceptors (Lipinski definition) is 7. The third-order valence-electron chi connectivity index (χ3n) is 5.70. The van der Waals surface area contributed by atoms with Crippen LogP contribution >= 0.6 is 12.4 Å². The van der Waals surface area contributed by atoms with E-state index in [4.69, 9.17) is 24.7 Å². The van der Waals surface area contributed by atoms with Gasteiger partial charge in [0.1, 0.15) is 6.10 Å². The smallest absolute Gasteiger partial charge is 0.248 e. The van der Waals surface area contributed by atoms with Crippen LogP contribution in [0.3, 0.4) is 0 Å². The molecule has 1 rings (SSSR count). The van der Waals surface area contributed by atoms with Gasteiger partial charge < -0.3 is 35.1 Å². The third-order valence-corrected chi connectivity index (χ3v) is 5.70. The van der Waals surface area contributed by atoms with Crippen LogP contribution in [-0.2, 0) is 20.7 Å². The summed E-state index contributed by atoms with van der Waals surface area (Å²) < 4.78 is 21.4. The predicted octanol–water partition coefficient (Wildman–Crippen LogP) is 2.58. The van der Waals surface area contributed by atoms with Gasteiger partial charge in [-0.1, -0.05) is 19.9 Å². The highest BCUT2D eigenvalue weighted by Crippen LogP contribution is 2.31. The Balaban J connectivity index is 0.0000102. The summed E-state index contributed by atoms with van der Waals surface area (Å²) in [5.74, 6) is 1.76. The van der Waals surface area contributed by atoms with E-state index >= 15 is 0 Å². The minimum Gasteiger partial charge on any atom is -0.493 e.